The second-order valence-corrected chi connectivity index (χ2v) is 6.24. The second kappa shape index (κ2) is 6.97. The summed E-state index contributed by atoms with van der Waals surface area (Å²) in [6, 6.07) is 9.46. The molecule has 1 N–H and O–H groups in total. The highest BCUT2D eigenvalue weighted by molar-refractivity contribution is 6.00. The van der Waals surface area contributed by atoms with E-state index in [1.807, 2.05) is 49.1 Å². The topological polar surface area (TPSA) is 61.4 Å². The highest BCUT2D eigenvalue weighted by Gasteiger charge is 2.22. The number of benzene rings is 1. The highest BCUT2D eigenvalue weighted by atomic mass is 16.2. The van der Waals surface area contributed by atoms with Gasteiger partial charge in [-0.3, -0.25) is 4.79 Å². The molecule has 126 valence electrons. The minimum atomic E-state index is 0.0515. The molecular formula is C18H23N5O. The number of piperazine rings is 1. The summed E-state index contributed by atoms with van der Waals surface area (Å²) in [5.74, 6) is 0.571. The molecule has 2 heterocycles. The van der Waals surface area contributed by atoms with Gasteiger partial charge in [-0.05, 0) is 39.1 Å². The maximum absolute atomic E-state index is 12.9. The van der Waals surface area contributed by atoms with E-state index in [9.17, 15) is 4.79 Å². The van der Waals surface area contributed by atoms with E-state index in [0.717, 1.165) is 43.3 Å². The maximum atomic E-state index is 12.9. The Labute approximate surface area is 142 Å². The zero-order valence-electron chi connectivity index (χ0n) is 14.4. The Morgan fingerprint density at radius 3 is 2.33 bits per heavy atom. The second-order valence-electron chi connectivity index (χ2n) is 6.24. The van der Waals surface area contributed by atoms with Crippen molar-refractivity contribution in [3.63, 3.8) is 0 Å². The molecule has 0 spiro atoms. The van der Waals surface area contributed by atoms with E-state index in [1.54, 1.807) is 0 Å². The van der Waals surface area contributed by atoms with E-state index >= 15 is 0 Å². The van der Waals surface area contributed by atoms with Crippen LogP contribution in [0.25, 0.3) is 0 Å². The van der Waals surface area contributed by atoms with E-state index in [-0.39, 0.29) is 5.91 Å². The van der Waals surface area contributed by atoms with Crippen LogP contribution in [0, 0.1) is 13.8 Å². The third-order valence-corrected chi connectivity index (χ3v) is 4.18. The summed E-state index contributed by atoms with van der Waals surface area (Å²) in [7, 11) is 2.08. The number of para-hydroxylation sites is 1. The first-order valence-corrected chi connectivity index (χ1v) is 8.19. The molecule has 1 amide bonds. The van der Waals surface area contributed by atoms with Crippen LogP contribution in [0.15, 0.2) is 30.3 Å². The molecule has 24 heavy (non-hydrogen) atoms. The Morgan fingerprint density at radius 1 is 1.04 bits per heavy atom. The lowest BCUT2D eigenvalue weighted by molar-refractivity contribution is 0.0665. The fourth-order valence-electron chi connectivity index (χ4n) is 2.86. The van der Waals surface area contributed by atoms with E-state index in [4.69, 9.17) is 0 Å². The van der Waals surface area contributed by atoms with E-state index in [0.29, 0.717) is 11.5 Å². The Bertz CT molecular complexity index is 718. The van der Waals surface area contributed by atoms with Gasteiger partial charge < -0.3 is 15.1 Å². The number of nitrogens with one attached hydrogen (secondary N) is 1. The smallest absolute Gasteiger partial charge is 0.256 e. The number of rotatable bonds is 3. The van der Waals surface area contributed by atoms with Crippen molar-refractivity contribution >= 4 is 17.5 Å². The minimum Gasteiger partial charge on any atom is -0.336 e. The van der Waals surface area contributed by atoms with Crippen LogP contribution in [0.5, 0.6) is 0 Å². The Hall–Kier alpha value is -2.47. The van der Waals surface area contributed by atoms with Crippen molar-refractivity contribution < 1.29 is 4.79 Å². The van der Waals surface area contributed by atoms with Crippen molar-refractivity contribution in [1.29, 1.82) is 0 Å². The summed E-state index contributed by atoms with van der Waals surface area (Å²) < 4.78 is 0. The summed E-state index contributed by atoms with van der Waals surface area (Å²) in [4.78, 5) is 25.8. The maximum Gasteiger partial charge on any atom is 0.256 e. The molecule has 1 aromatic heterocycles. The summed E-state index contributed by atoms with van der Waals surface area (Å²) in [5.41, 5.74) is 3.19. The van der Waals surface area contributed by atoms with E-state index in [1.165, 1.54) is 0 Å². The van der Waals surface area contributed by atoms with Crippen molar-refractivity contribution in [1.82, 2.24) is 19.8 Å². The average Bonchev–Trinajstić information content (AvgIpc) is 2.54. The van der Waals surface area contributed by atoms with Gasteiger partial charge in [-0.25, -0.2) is 9.97 Å². The number of amides is 1. The number of aryl methyl sites for hydroxylation is 2. The lowest BCUT2D eigenvalue weighted by atomic mass is 10.1. The lowest BCUT2D eigenvalue weighted by Gasteiger charge is -2.32. The van der Waals surface area contributed by atoms with Gasteiger partial charge in [-0.1, -0.05) is 12.1 Å². The number of nitrogens with zero attached hydrogens (tertiary/aromatic N) is 4. The van der Waals surface area contributed by atoms with Gasteiger partial charge >= 0.3 is 0 Å². The molecule has 1 aliphatic heterocycles. The first kappa shape index (κ1) is 16.4. The van der Waals surface area contributed by atoms with Crippen LogP contribution in [0.3, 0.4) is 0 Å². The quantitative estimate of drug-likeness (QED) is 0.937. The number of hydrogen-bond donors (Lipinski definition) is 1. The number of anilines is 2. The third-order valence-electron chi connectivity index (χ3n) is 4.18. The van der Waals surface area contributed by atoms with Crippen LogP contribution < -0.4 is 5.32 Å². The molecule has 1 aliphatic rings. The first-order chi connectivity index (χ1) is 11.5. The van der Waals surface area contributed by atoms with Gasteiger partial charge in [0.2, 0.25) is 5.95 Å². The molecular weight excluding hydrogens is 302 g/mol. The molecule has 2 aromatic rings. The molecule has 3 rings (SSSR count). The fourth-order valence-corrected chi connectivity index (χ4v) is 2.86. The molecule has 0 unspecified atom stereocenters. The summed E-state index contributed by atoms with van der Waals surface area (Å²) in [6.07, 6.45) is 0. The molecule has 6 nitrogen and oxygen atoms in total. The molecule has 0 radical (unpaired) electrons. The van der Waals surface area contributed by atoms with Crippen LogP contribution in [-0.4, -0.2) is 58.9 Å². The Morgan fingerprint density at radius 2 is 1.67 bits per heavy atom. The predicted molar refractivity (Wildman–Crippen MR) is 94.6 cm³/mol. The molecule has 1 saturated heterocycles. The van der Waals surface area contributed by atoms with Crippen molar-refractivity contribution in [3.8, 4) is 0 Å². The van der Waals surface area contributed by atoms with Gasteiger partial charge in [0.25, 0.3) is 5.91 Å². The van der Waals surface area contributed by atoms with Crippen LogP contribution >= 0.6 is 0 Å². The summed E-state index contributed by atoms with van der Waals surface area (Å²) in [5, 5.41) is 3.20. The Balaban J connectivity index is 1.83. The molecule has 1 aromatic carbocycles. The Kier molecular flexibility index (Phi) is 4.76. The van der Waals surface area contributed by atoms with Crippen molar-refractivity contribution in [2.45, 2.75) is 13.8 Å². The average molecular weight is 325 g/mol. The highest BCUT2D eigenvalue weighted by Crippen LogP contribution is 2.21. The summed E-state index contributed by atoms with van der Waals surface area (Å²) in [6.45, 7) is 7.18. The number of aromatic nitrogens is 2. The van der Waals surface area contributed by atoms with Crippen molar-refractivity contribution in [3.05, 3.63) is 47.3 Å². The number of carbonyl (C=O) groups excluding carboxylic acids is 1. The van der Waals surface area contributed by atoms with E-state index < -0.39 is 0 Å². The minimum absolute atomic E-state index is 0.0515. The van der Waals surface area contributed by atoms with Crippen LogP contribution in [-0.2, 0) is 0 Å². The zero-order valence-corrected chi connectivity index (χ0v) is 14.4. The molecule has 0 bridgehead atoms. The molecule has 0 aliphatic carbocycles. The number of likely N-dealkylation sites (N-methyl/N-ethyl adjacent to an activating group) is 1. The number of hydrogen-bond acceptors (Lipinski definition) is 5. The van der Waals surface area contributed by atoms with Gasteiger partial charge in [-0.2, -0.15) is 0 Å². The van der Waals surface area contributed by atoms with Crippen LogP contribution in [0.2, 0.25) is 0 Å². The van der Waals surface area contributed by atoms with Gasteiger partial charge in [0.05, 0.1) is 11.3 Å². The first-order valence-electron chi connectivity index (χ1n) is 8.19. The molecule has 6 heteroatoms. The van der Waals surface area contributed by atoms with E-state index in [2.05, 4.69) is 27.2 Å². The monoisotopic (exact) mass is 325 g/mol. The zero-order chi connectivity index (χ0) is 17.1. The third kappa shape index (κ3) is 3.71. The number of carbonyl (C=O) groups is 1. The molecule has 0 saturated carbocycles. The van der Waals surface area contributed by atoms with Gasteiger partial charge in [0.1, 0.15) is 0 Å². The van der Waals surface area contributed by atoms with Crippen molar-refractivity contribution in [2.75, 3.05) is 38.5 Å². The molecule has 0 atom stereocenters. The standard InChI is InChI=1S/C18H23N5O/c1-13-12-14(2)20-18(19-13)21-16-7-5-4-6-15(16)17(24)23-10-8-22(3)9-11-23/h4-7,12H,8-11H2,1-3H3,(H,19,20,21). The SMILES string of the molecule is Cc1cc(C)nc(Nc2ccccc2C(=O)N2CCN(C)CC2)n1. The van der Waals surface area contributed by atoms with Crippen molar-refractivity contribution in [2.24, 2.45) is 0 Å². The molecule has 1 fully saturated rings. The fraction of sp³-hybridized carbons (Fsp3) is 0.389. The van der Waals surface area contributed by atoms with Gasteiger partial charge in [-0.15, -0.1) is 0 Å². The predicted octanol–water partition coefficient (Wildman–Crippen LogP) is 2.22. The van der Waals surface area contributed by atoms with Gasteiger partial charge in [0, 0.05) is 37.6 Å². The lowest BCUT2D eigenvalue weighted by Crippen LogP contribution is -2.47. The van der Waals surface area contributed by atoms with Crippen LogP contribution in [0.1, 0.15) is 21.7 Å². The van der Waals surface area contributed by atoms with Gasteiger partial charge in [0.15, 0.2) is 0 Å². The van der Waals surface area contributed by atoms with Crippen LogP contribution in [0.4, 0.5) is 11.6 Å². The largest absolute Gasteiger partial charge is 0.336 e. The normalized spacial score (nSPS) is 15.4. The summed E-state index contributed by atoms with van der Waals surface area (Å²) >= 11 is 0.